The van der Waals surface area contributed by atoms with Crippen LogP contribution in [0.3, 0.4) is 0 Å². The summed E-state index contributed by atoms with van der Waals surface area (Å²) in [6.07, 6.45) is 5.08. The molecule has 0 aliphatic rings. The van der Waals surface area contributed by atoms with Crippen LogP contribution in [0.2, 0.25) is 0 Å². The molecule has 0 radical (unpaired) electrons. The van der Waals surface area contributed by atoms with Gasteiger partial charge in [0.2, 0.25) is 17.7 Å². The van der Waals surface area contributed by atoms with Crippen molar-refractivity contribution >= 4 is 57.4 Å². The molecule has 0 spiro atoms. The van der Waals surface area contributed by atoms with E-state index in [-0.39, 0.29) is 25.7 Å². The third-order valence-electron chi connectivity index (χ3n) is 10.6. The molecular weight excluding hydrogens is 789 g/mol. The van der Waals surface area contributed by atoms with Crippen molar-refractivity contribution < 1.29 is 28.8 Å². The molecule has 11 N–H and O–H groups in total. The number of primary amides is 1. The van der Waals surface area contributed by atoms with Gasteiger partial charge in [0.25, 0.3) is 11.8 Å². The van der Waals surface area contributed by atoms with Gasteiger partial charge >= 0.3 is 6.03 Å². The Bertz CT molecular complexity index is 2490. The van der Waals surface area contributed by atoms with Gasteiger partial charge in [0, 0.05) is 66.1 Å². The van der Waals surface area contributed by atoms with Crippen molar-refractivity contribution in [3.63, 3.8) is 0 Å². The number of aromatic amines is 2. The summed E-state index contributed by atoms with van der Waals surface area (Å²) < 4.78 is 0. The number of carbonyl (C=O) groups excluding carboxylic acids is 6. The van der Waals surface area contributed by atoms with Crippen LogP contribution in [0, 0.1) is 0 Å². The van der Waals surface area contributed by atoms with E-state index in [1.54, 1.807) is 67.0 Å². The topological polar surface area (TPSA) is 249 Å². The van der Waals surface area contributed by atoms with E-state index >= 15 is 0 Å². The quantitative estimate of drug-likeness (QED) is 0.0435. The van der Waals surface area contributed by atoms with Crippen molar-refractivity contribution in [1.29, 1.82) is 0 Å². The summed E-state index contributed by atoms with van der Waals surface area (Å²) in [5, 5.41) is 13.6. The first-order chi connectivity index (χ1) is 30.0. The first-order valence-electron chi connectivity index (χ1n) is 20.4. The van der Waals surface area contributed by atoms with E-state index in [1.165, 1.54) is 7.05 Å². The highest BCUT2D eigenvalue weighted by atomic mass is 16.2. The molecule has 2 aromatic heterocycles. The number of hydrogen-bond donors (Lipinski definition) is 9. The number of nitrogens with zero attached hydrogens (tertiary/aromatic N) is 1. The molecule has 6 aromatic rings. The number of amides is 7. The Hall–Kier alpha value is -7.46. The summed E-state index contributed by atoms with van der Waals surface area (Å²) in [5.41, 5.74) is 18.1. The smallest absolute Gasteiger partial charge is 0.336 e. The lowest BCUT2D eigenvalue weighted by Crippen LogP contribution is -2.60. The number of hydrazine groups is 1. The Kier molecular flexibility index (Phi) is 15.1. The van der Waals surface area contributed by atoms with Gasteiger partial charge in [-0.25, -0.2) is 9.80 Å². The monoisotopic (exact) mass is 840 g/mol. The Balaban J connectivity index is 1.23. The zero-order valence-electron chi connectivity index (χ0n) is 34.4. The summed E-state index contributed by atoms with van der Waals surface area (Å²) in [6, 6.07) is 27.1. The summed E-state index contributed by atoms with van der Waals surface area (Å²) in [4.78, 5) is 88.3. The number of aromatic nitrogens is 2. The van der Waals surface area contributed by atoms with Crippen molar-refractivity contribution in [1.82, 2.24) is 41.7 Å². The Morgan fingerprint density at radius 2 is 1.08 bits per heavy atom. The fourth-order valence-corrected chi connectivity index (χ4v) is 7.21. The molecule has 0 fully saturated rings. The minimum Gasteiger partial charge on any atom is -0.368 e. The predicted octanol–water partition coefficient (Wildman–Crippen LogP) is 3.10. The van der Waals surface area contributed by atoms with Gasteiger partial charge in [-0.3, -0.25) is 29.4 Å². The number of para-hydroxylation sites is 2. The number of carbonyl (C=O) groups is 6. The molecule has 16 heteroatoms. The van der Waals surface area contributed by atoms with Crippen LogP contribution >= 0.6 is 0 Å². The molecule has 0 saturated carbocycles. The number of H-pyrrole nitrogens is 2. The second-order valence-electron chi connectivity index (χ2n) is 15.1. The first kappa shape index (κ1) is 44.1. The summed E-state index contributed by atoms with van der Waals surface area (Å²) in [5.74, 6) is -3.24. The van der Waals surface area contributed by atoms with Crippen LogP contribution in [0.5, 0.6) is 0 Å². The van der Waals surface area contributed by atoms with Crippen LogP contribution in [-0.4, -0.2) is 88.3 Å². The van der Waals surface area contributed by atoms with Crippen LogP contribution in [0.15, 0.2) is 122 Å². The molecule has 0 aliphatic carbocycles. The second kappa shape index (κ2) is 21.2. The van der Waals surface area contributed by atoms with Crippen LogP contribution in [0.25, 0.3) is 21.8 Å². The molecule has 322 valence electrons. The fraction of sp³-hybridized carbons (Fsp3) is 0.261. The van der Waals surface area contributed by atoms with Crippen molar-refractivity contribution in [2.75, 3.05) is 13.6 Å². The van der Waals surface area contributed by atoms with Crippen molar-refractivity contribution in [3.8, 4) is 0 Å². The van der Waals surface area contributed by atoms with E-state index in [9.17, 15) is 28.8 Å². The lowest BCUT2D eigenvalue weighted by atomic mass is 10.0. The van der Waals surface area contributed by atoms with E-state index in [2.05, 4.69) is 36.7 Å². The number of hydrogen-bond acceptors (Lipinski definition) is 7. The lowest BCUT2D eigenvalue weighted by Gasteiger charge is -2.27. The van der Waals surface area contributed by atoms with Gasteiger partial charge < -0.3 is 42.7 Å². The molecule has 0 unspecified atom stereocenters. The van der Waals surface area contributed by atoms with E-state index in [0.717, 1.165) is 37.9 Å². The second-order valence-corrected chi connectivity index (χ2v) is 15.1. The number of urea groups is 1. The zero-order valence-corrected chi connectivity index (χ0v) is 34.4. The zero-order chi connectivity index (χ0) is 44.0. The maximum atomic E-state index is 14.4. The van der Waals surface area contributed by atoms with E-state index in [4.69, 9.17) is 11.5 Å². The van der Waals surface area contributed by atoms with Crippen molar-refractivity contribution in [2.24, 2.45) is 11.5 Å². The number of nitrogens with two attached hydrogens (primary N) is 2. The van der Waals surface area contributed by atoms with Crippen LogP contribution in [0.1, 0.15) is 46.3 Å². The number of fused-ring (bicyclic) bond motifs is 2. The summed E-state index contributed by atoms with van der Waals surface area (Å²) in [6.45, 7) is 0.408. The normalized spacial score (nSPS) is 13.0. The van der Waals surface area contributed by atoms with Crippen molar-refractivity contribution in [2.45, 2.75) is 62.7 Å². The first-order valence-corrected chi connectivity index (χ1v) is 20.4. The third kappa shape index (κ3) is 11.6. The van der Waals surface area contributed by atoms with Gasteiger partial charge in [-0.1, -0.05) is 84.9 Å². The Labute approximate surface area is 358 Å². The number of unbranched alkanes of at least 4 members (excludes halogenated alkanes) is 1. The molecule has 0 aliphatic heterocycles. The molecule has 4 atom stereocenters. The molecule has 0 bridgehead atoms. The number of rotatable bonds is 19. The highest BCUT2D eigenvalue weighted by molar-refractivity contribution is 5.99. The van der Waals surface area contributed by atoms with Gasteiger partial charge in [-0.2, -0.15) is 0 Å². The number of benzene rings is 4. The Morgan fingerprint density at radius 1 is 0.581 bits per heavy atom. The summed E-state index contributed by atoms with van der Waals surface area (Å²) >= 11 is 0. The third-order valence-corrected chi connectivity index (χ3v) is 10.6. The van der Waals surface area contributed by atoms with Gasteiger partial charge in [0.1, 0.15) is 24.2 Å². The molecule has 2 heterocycles. The van der Waals surface area contributed by atoms with Crippen LogP contribution < -0.4 is 38.2 Å². The minimum atomic E-state index is -1.27. The minimum absolute atomic E-state index is 0.0115. The van der Waals surface area contributed by atoms with Crippen LogP contribution in [0.4, 0.5) is 4.79 Å². The maximum absolute atomic E-state index is 14.4. The van der Waals surface area contributed by atoms with Gasteiger partial charge in [-0.05, 0) is 66.8 Å². The molecule has 6 rings (SSSR count). The maximum Gasteiger partial charge on any atom is 0.336 e. The Morgan fingerprint density at radius 3 is 1.65 bits per heavy atom. The molecule has 16 nitrogen and oxygen atoms in total. The average molecular weight is 841 g/mol. The van der Waals surface area contributed by atoms with Crippen LogP contribution in [-0.2, 0) is 38.4 Å². The molecule has 62 heavy (non-hydrogen) atoms. The van der Waals surface area contributed by atoms with Gasteiger partial charge in [0.15, 0.2) is 0 Å². The van der Waals surface area contributed by atoms with Crippen molar-refractivity contribution in [3.05, 3.63) is 144 Å². The summed E-state index contributed by atoms with van der Waals surface area (Å²) in [7, 11) is 1.32. The standard InChI is InChI=1S/C46H52N10O6/c1-56(55-45(61)40(52-42(58)30-16-6-3-7-17-30)26-32-28-50-36-21-11-9-19-34(32)36)46(62)54-39(25-31-27-49-35-20-10-8-18-33(31)35)44(60)53-38(24-29-14-4-2-5-15-29)43(59)51-37(41(48)57)22-12-13-23-47/h2-11,14-21,27-28,37-40,49-50H,12-13,22-26,47H2,1H3,(H2,48,57)(H,51,59)(H,52,58)(H,53,60)(H,54,62)(H,55,61)/t37-,38+,39-,40+/m0/s1. The highest BCUT2D eigenvalue weighted by Crippen LogP contribution is 2.21. The molecule has 7 amide bonds. The lowest BCUT2D eigenvalue weighted by molar-refractivity contribution is -0.132. The highest BCUT2D eigenvalue weighted by Gasteiger charge is 2.32. The SMILES string of the molecule is CN(NC(=O)[C@@H](Cc1c[nH]c2ccccc12)NC(=O)c1ccccc1)C(=O)N[C@@H](Cc1c[nH]c2ccccc12)C(=O)N[C@H](Cc1ccccc1)C(=O)N[C@@H](CCCCN)C(N)=O. The molecular formula is C46H52N10O6. The fourth-order valence-electron chi connectivity index (χ4n) is 7.21. The average Bonchev–Trinajstić information content (AvgIpc) is 3.89. The van der Waals surface area contributed by atoms with E-state index < -0.39 is 59.7 Å². The van der Waals surface area contributed by atoms with Gasteiger partial charge in [-0.15, -0.1) is 0 Å². The van der Waals surface area contributed by atoms with E-state index in [1.807, 2.05) is 54.6 Å². The van der Waals surface area contributed by atoms with E-state index in [0.29, 0.717) is 30.5 Å². The largest absolute Gasteiger partial charge is 0.368 e. The van der Waals surface area contributed by atoms with Gasteiger partial charge in [0.05, 0.1) is 0 Å². The molecule has 0 saturated heterocycles. The predicted molar refractivity (Wildman–Crippen MR) is 236 cm³/mol. The number of nitrogens with one attached hydrogen (secondary N) is 7. The molecule has 4 aromatic carbocycles.